The Bertz CT molecular complexity index is 717. The summed E-state index contributed by atoms with van der Waals surface area (Å²) in [5.41, 5.74) is 3.14. The van der Waals surface area contributed by atoms with Gasteiger partial charge in [-0.1, -0.05) is 84.0 Å². The van der Waals surface area contributed by atoms with Crippen molar-refractivity contribution in [1.82, 2.24) is 9.97 Å². The number of nitrogens with zero attached hydrogens (tertiary/aromatic N) is 2. The van der Waals surface area contributed by atoms with Crippen LogP contribution < -0.4 is 0 Å². The topological polar surface area (TPSA) is 25.8 Å². The van der Waals surface area contributed by atoms with E-state index in [0.29, 0.717) is 10.3 Å². The fourth-order valence-corrected chi connectivity index (χ4v) is 2.99. The minimum absolute atomic E-state index is 0.472. The zero-order valence-electron chi connectivity index (χ0n) is 11.2. The van der Waals surface area contributed by atoms with Crippen molar-refractivity contribution in [2.45, 2.75) is 10.9 Å². The third-order valence-electron chi connectivity index (χ3n) is 2.95. The Labute approximate surface area is 133 Å². The highest BCUT2D eigenvalue weighted by Crippen LogP contribution is 2.25. The van der Waals surface area contributed by atoms with Crippen molar-refractivity contribution in [2.24, 2.45) is 0 Å². The number of rotatable bonds is 4. The molecule has 2 aromatic carbocycles. The van der Waals surface area contributed by atoms with Crippen LogP contribution >= 0.6 is 23.4 Å². The van der Waals surface area contributed by atoms with Crippen LogP contribution in [0.15, 0.2) is 71.9 Å². The Morgan fingerprint density at radius 3 is 2.24 bits per heavy atom. The van der Waals surface area contributed by atoms with Gasteiger partial charge in [0.25, 0.3) is 0 Å². The van der Waals surface area contributed by atoms with Gasteiger partial charge >= 0.3 is 0 Å². The van der Waals surface area contributed by atoms with Crippen LogP contribution in [0.4, 0.5) is 0 Å². The molecule has 1 aromatic heterocycles. The first-order valence-electron chi connectivity index (χ1n) is 6.58. The summed E-state index contributed by atoms with van der Waals surface area (Å²) in [6.45, 7) is 0. The van der Waals surface area contributed by atoms with Crippen molar-refractivity contribution in [1.29, 1.82) is 0 Å². The third-order valence-corrected chi connectivity index (χ3v) is 4.07. The quantitative estimate of drug-likeness (QED) is 0.381. The molecule has 0 fully saturated rings. The molecule has 0 aliphatic carbocycles. The fraction of sp³-hybridized carbons (Fsp3) is 0.0588. The smallest absolute Gasteiger partial charge is 0.189 e. The Morgan fingerprint density at radius 2 is 1.52 bits per heavy atom. The van der Waals surface area contributed by atoms with E-state index in [9.17, 15) is 0 Å². The first-order valence-corrected chi connectivity index (χ1v) is 7.94. The number of thioether (sulfide) groups is 1. The van der Waals surface area contributed by atoms with E-state index in [4.69, 9.17) is 11.6 Å². The van der Waals surface area contributed by atoms with Crippen molar-refractivity contribution in [3.05, 3.63) is 77.4 Å². The van der Waals surface area contributed by atoms with Gasteiger partial charge < -0.3 is 0 Å². The van der Waals surface area contributed by atoms with Gasteiger partial charge in [0.05, 0.1) is 5.69 Å². The normalized spacial score (nSPS) is 10.5. The first kappa shape index (κ1) is 14.1. The van der Waals surface area contributed by atoms with Crippen LogP contribution in [-0.4, -0.2) is 9.97 Å². The standard InChI is InChI=1S/C17H13ClN2S/c18-16-11-15(14-9-5-2-6-10-14)19-17(20-16)21-12-13-7-3-1-4-8-13/h1-11H,12H2. The van der Waals surface area contributed by atoms with Crippen LogP contribution in [0.5, 0.6) is 0 Å². The minimum atomic E-state index is 0.472. The van der Waals surface area contributed by atoms with E-state index in [2.05, 4.69) is 22.1 Å². The molecule has 0 bridgehead atoms. The number of benzene rings is 2. The molecule has 0 N–H and O–H groups in total. The molecule has 0 aliphatic heterocycles. The van der Waals surface area contributed by atoms with Gasteiger partial charge in [-0.15, -0.1) is 0 Å². The molecular weight excluding hydrogens is 300 g/mol. The molecule has 4 heteroatoms. The molecule has 0 radical (unpaired) electrons. The van der Waals surface area contributed by atoms with E-state index < -0.39 is 0 Å². The molecular formula is C17H13ClN2S. The third kappa shape index (κ3) is 3.84. The highest BCUT2D eigenvalue weighted by molar-refractivity contribution is 7.98. The van der Waals surface area contributed by atoms with E-state index in [-0.39, 0.29) is 0 Å². The lowest BCUT2D eigenvalue weighted by molar-refractivity contribution is 0.973. The van der Waals surface area contributed by atoms with Gasteiger partial charge in [0, 0.05) is 17.4 Å². The number of aromatic nitrogens is 2. The SMILES string of the molecule is Clc1cc(-c2ccccc2)nc(SCc2ccccc2)n1. The van der Waals surface area contributed by atoms with E-state index in [0.717, 1.165) is 17.0 Å². The maximum atomic E-state index is 6.12. The predicted molar refractivity (Wildman–Crippen MR) is 88.5 cm³/mol. The largest absolute Gasteiger partial charge is 0.222 e. The summed E-state index contributed by atoms with van der Waals surface area (Å²) in [4.78, 5) is 8.88. The maximum absolute atomic E-state index is 6.12. The Kier molecular flexibility index (Phi) is 4.53. The lowest BCUT2D eigenvalue weighted by atomic mass is 10.1. The second kappa shape index (κ2) is 6.74. The second-order valence-corrected chi connectivity index (χ2v) is 5.83. The van der Waals surface area contributed by atoms with Gasteiger partial charge in [-0.05, 0) is 5.56 Å². The minimum Gasteiger partial charge on any atom is -0.222 e. The molecule has 3 rings (SSSR count). The number of hydrogen-bond acceptors (Lipinski definition) is 3. The molecule has 2 nitrogen and oxygen atoms in total. The van der Waals surface area contributed by atoms with E-state index >= 15 is 0 Å². The first-order chi connectivity index (χ1) is 10.3. The molecule has 0 saturated carbocycles. The average molecular weight is 313 g/mol. The zero-order valence-corrected chi connectivity index (χ0v) is 12.8. The Hall–Kier alpha value is -1.84. The highest BCUT2D eigenvalue weighted by Gasteiger charge is 2.06. The van der Waals surface area contributed by atoms with Crippen molar-refractivity contribution >= 4 is 23.4 Å². The predicted octanol–water partition coefficient (Wildman–Crippen LogP) is 5.09. The highest BCUT2D eigenvalue weighted by atomic mass is 35.5. The summed E-state index contributed by atoms with van der Waals surface area (Å²) in [7, 11) is 0. The van der Waals surface area contributed by atoms with E-state index in [1.807, 2.05) is 48.5 Å². The van der Waals surface area contributed by atoms with Crippen molar-refractivity contribution in [2.75, 3.05) is 0 Å². The van der Waals surface area contributed by atoms with E-state index in [1.165, 1.54) is 5.56 Å². The molecule has 104 valence electrons. The molecule has 0 spiro atoms. The summed E-state index contributed by atoms with van der Waals surface area (Å²) in [5, 5.41) is 1.17. The summed E-state index contributed by atoms with van der Waals surface area (Å²) in [6.07, 6.45) is 0. The van der Waals surface area contributed by atoms with Crippen LogP contribution in [0.3, 0.4) is 0 Å². The van der Waals surface area contributed by atoms with Crippen LogP contribution in [0.25, 0.3) is 11.3 Å². The molecule has 1 heterocycles. The number of hydrogen-bond donors (Lipinski definition) is 0. The summed E-state index contributed by atoms with van der Waals surface area (Å²) in [5.74, 6) is 0.829. The van der Waals surface area contributed by atoms with Gasteiger partial charge in [0.1, 0.15) is 5.15 Å². The second-order valence-electron chi connectivity index (χ2n) is 4.50. The maximum Gasteiger partial charge on any atom is 0.189 e. The summed E-state index contributed by atoms with van der Waals surface area (Å²) >= 11 is 7.71. The van der Waals surface area contributed by atoms with Gasteiger partial charge in [-0.2, -0.15) is 0 Å². The zero-order chi connectivity index (χ0) is 14.5. The lowest BCUT2D eigenvalue weighted by Gasteiger charge is -2.05. The van der Waals surface area contributed by atoms with Crippen molar-refractivity contribution < 1.29 is 0 Å². The van der Waals surface area contributed by atoms with Crippen LogP contribution in [0.2, 0.25) is 5.15 Å². The van der Waals surface area contributed by atoms with Gasteiger partial charge in [-0.3, -0.25) is 0 Å². The molecule has 21 heavy (non-hydrogen) atoms. The molecule has 0 aliphatic rings. The summed E-state index contributed by atoms with van der Waals surface area (Å²) < 4.78 is 0. The van der Waals surface area contributed by atoms with Crippen LogP contribution in [0.1, 0.15) is 5.56 Å². The van der Waals surface area contributed by atoms with Gasteiger partial charge in [0.15, 0.2) is 5.16 Å². The monoisotopic (exact) mass is 312 g/mol. The fourth-order valence-electron chi connectivity index (χ4n) is 1.94. The molecule has 0 unspecified atom stereocenters. The van der Waals surface area contributed by atoms with Crippen LogP contribution in [0, 0.1) is 0 Å². The average Bonchev–Trinajstić information content (AvgIpc) is 2.54. The van der Waals surface area contributed by atoms with Crippen molar-refractivity contribution in [3.63, 3.8) is 0 Å². The van der Waals surface area contributed by atoms with Gasteiger partial charge in [0.2, 0.25) is 0 Å². The van der Waals surface area contributed by atoms with Gasteiger partial charge in [-0.25, -0.2) is 9.97 Å². The molecule has 0 amide bonds. The van der Waals surface area contributed by atoms with Crippen molar-refractivity contribution in [3.8, 4) is 11.3 Å². The number of halogens is 1. The lowest BCUT2D eigenvalue weighted by Crippen LogP contribution is -1.92. The van der Waals surface area contributed by atoms with Crippen LogP contribution in [-0.2, 0) is 5.75 Å². The molecule has 3 aromatic rings. The molecule has 0 saturated heterocycles. The summed E-state index contributed by atoms with van der Waals surface area (Å²) in [6, 6.07) is 22.1. The Morgan fingerprint density at radius 1 is 0.857 bits per heavy atom. The van der Waals surface area contributed by atoms with E-state index in [1.54, 1.807) is 17.8 Å². The Balaban J connectivity index is 1.82. The molecule has 0 atom stereocenters.